The van der Waals surface area contributed by atoms with Crippen molar-refractivity contribution in [3.63, 3.8) is 0 Å². The van der Waals surface area contributed by atoms with E-state index in [4.69, 9.17) is 4.74 Å². The van der Waals surface area contributed by atoms with Gasteiger partial charge in [0.05, 0.1) is 7.11 Å². The molecule has 1 heterocycles. The fraction of sp³-hybridized carbons (Fsp3) is 0.333. The summed E-state index contributed by atoms with van der Waals surface area (Å²) in [6.45, 7) is -0.00306. The number of carbonyl (C=O) groups excluding carboxylic acids is 2. The largest absolute Gasteiger partial charge is 0.482 e. The summed E-state index contributed by atoms with van der Waals surface area (Å²) in [5.74, 6) is -1.54. The quantitative estimate of drug-likeness (QED) is 0.650. The molecule has 1 aliphatic heterocycles. The lowest BCUT2D eigenvalue weighted by Gasteiger charge is -2.30. The van der Waals surface area contributed by atoms with Crippen LogP contribution in [0.5, 0.6) is 5.75 Å². The normalized spacial score (nSPS) is 15.3. The zero-order valence-electron chi connectivity index (χ0n) is 16.9. The molecule has 0 saturated carbocycles. The number of esters is 1. The first-order valence-corrected chi connectivity index (χ1v) is 11.1. The van der Waals surface area contributed by atoms with Gasteiger partial charge in [-0.25, -0.2) is 17.6 Å². The number of nitrogens with zero attached hydrogens (tertiary/aromatic N) is 1. The minimum absolute atomic E-state index is 0.122. The zero-order chi connectivity index (χ0) is 22.4. The number of sulfonamides is 1. The van der Waals surface area contributed by atoms with Gasteiger partial charge in [-0.2, -0.15) is 4.31 Å². The van der Waals surface area contributed by atoms with Crippen molar-refractivity contribution in [1.29, 1.82) is 0 Å². The van der Waals surface area contributed by atoms with E-state index in [-0.39, 0.29) is 36.4 Å². The first-order chi connectivity index (χ1) is 14.8. The Kier molecular flexibility index (Phi) is 7.24. The van der Waals surface area contributed by atoms with E-state index in [2.05, 4.69) is 10.1 Å². The number of amides is 1. The average Bonchev–Trinajstić information content (AvgIpc) is 2.78. The van der Waals surface area contributed by atoms with Gasteiger partial charge in [0.15, 0.2) is 6.61 Å². The second-order valence-corrected chi connectivity index (χ2v) is 8.90. The van der Waals surface area contributed by atoms with Gasteiger partial charge in [-0.1, -0.05) is 18.2 Å². The molecule has 3 rings (SSSR count). The molecule has 31 heavy (non-hydrogen) atoms. The smallest absolute Gasteiger partial charge is 0.343 e. The van der Waals surface area contributed by atoms with Crippen LogP contribution >= 0.6 is 0 Å². The molecule has 0 radical (unpaired) electrons. The van der Waals surface area contributed by atoms with Gasteiger partial charge < -0.3 is 14.8 Å². The van der Waals surface area contributed by atoms with E-state index in [1.807, 2.05) is 0 Å². The number of hydrogen-bond acceptors (Lipinski definition) is 6. The summed E-state index contributed by atoms with van der Waals surface area (Å²) in [5.41, 5.74) is 0.494. The summed E-state index contributed by atoms with van der Waals surface area (Å²) < 4.78 is 50.3. The van der Waals surface area contributed by atoms with Gasteiger partial charge in [-0.3, -0.25) is 4.79 Å². The maximum atomic E-state index is 13.9. The van der Waals surface area contributed by atoms with Crippen LogP contribution in [-0.2, 0) is 24.3 Å². The van der Waals surface area contributed by atoms with Crippen LogP contribution in [0, 0.1) is 11.7 Å². The number of rotatable bonds is 7. The second-order valence-electron chi connectivity index (χ2n) is 6.99. The van der Waals surface area contributed by atoms with Crippen LogP contribution in [0.4, 0.5) is 10.1 Å². The highest BCUT2D eigenvalue weighted by molar-refractivity contribution is 7.89. The van der Waals surface area contributed by atoms with Gasteiger partial charge in [0.1, 0.15) is 16.5 Å². The van der Waals surface area contributed by atoms with Crippen LogP contribution in [0.3, 0.4) is 0 Å². The molecule has 1 saturated heterocycles. The molecule has 1 N–H and O–H groups in total. The lowest BCUT2D eigenvalue weighted by atomic mass is 9.97. The van der Waals surface area contributed by atoms with Crippen LogP contribution in [0.2, 0.25) is 0 Å². The molecule has 0 unspecified atom stereocenters. The van der Waals surface area contributed by atoms with E-state index >= 15 is 0 Å². The monoisotopic (exact) mass is 450 g/mol. The lowest BCUT2D eigenvalue weighted by Crippen LogP contribution is -2.41. The number of methoxy groups -OCH3 is 1. The van der Waals surface area contributed by atoms with E-state index in [0.717, 1.165) is 6.07 Å². The number of halogens is 1. The van der Waals surface area contributed by atoms with Gasteiger partial charge in [0.2, 0.25) is 15.9 Å². The predicted molar refractivity (Wildman–Crippen MR) is 110 cm³/mol. The number of carbonyl (C=O) groups is 2. The van der Waals surface area contributed by atoms with Crippen LogP contribution in [-0.4, -0.2) is 51.4 Å². The summed E-state index contributed by atoms with van der Waals surface area (Å²) in [6.07, 6.45) is 0.635. The van der Waals surface area contributed by atoms with Crippen LogP contribution in [0.15, 0.2) is 53.4 Å². The van der Waals surface area contributed by atoms with Crippen molar-refractivity contribution in [2.24, 2.45) is 5.92 Å². The Bertz CT molecular complexity index is 1050. The molecule has 2 aromatic rings. The number of anilines is 1. The molecule has 2 aromatic carbocycles. The molecule has 1 aliphatic rings. The van der Waals surface area contributed by atoms with Crippen molar-refractivity contribution in [2.75, 3.05) is 32.1 Å². The third kappa shape index (κ3) is 5.59. The third-order valence-corrected chi connectivity index (χ3v) is 6.90. The molecule has 0 spiro atoms. The summed E-state index contributed by atoms with van der Waals surface area (Å²) in [7, 11) is -2.69. The van der Waals surface area contributed by atoms with Gasteiger partial charge in [0.25, 0.3) is 0 Å². The summed E-state index contributed by atoms with van der Waals surface area (Å²) in [4.78, 5) is 23.4. The van der Waals surface area contributed by atoms with Gasteiger partial charge in [-0.15, -0.1) is 0 Å². The number of hydrogen-bond donors (Lipinski definition) is 1. The zero-order valence-corrected chi connectivity index (χ0v) is 17.7. The SMILES string of the molecule is COC(=O)COc1cccc(NC(=O)C2CCN(S(=O)(=O)c3ccccc3F)CC2)c1. The van der Waals surface area contributed by atoms with E-state index < -0.39 is 21.8 Å². The number of nitrogens with one attached hydrogen (secondary N) is 1. The predicted octanol–water partition coefficient (Wildman–Crippen LogP) is 2.42. The minimum atomic E-state index is -3.95. The summed E-state index contributed by atoms with van der Waals surface area (Å²) in [6, 6.07) is 11.8. The van der Waals surface area contributed by atoms with Crippen molar-refractivity contribution < 1.29 is 31.9 Å². The summed E-state index contributed by atoms with van der Waals surface area (Å²) in [5, 5.41) is 2.78. The Balaban J connectivity index is 1.57. The van der Waals surface area contributed by atoms with E-state index in [1.54, 1.807) is 24.3 Å². The Hall–Kier alpha value is -2.98. The van der Waals surface area contributed by atoms with Crippen molar-refractivity contribution in [3.8, 4) is 5.75 Å². The molecule has 8 nitrogen and oxygen atoms in total. The maximum absolute atomic E-state index is 13.9. The summed E-state index contributed by atoms with van der Waals surface area (Å²) >= 11 is 0. The minimum Gasteiger partial charge on any atom is -0.482 e. The number of ether oxygens (including phenoxy) is 2. The third-order valence-electron chi connectivity index (χ3n) is 4.97. The fourth-order valence-electron chi connectivity index (χ4n) is 3.26. The van der Waals surface area contributed by atoms with Gasteiger partial charge in [0, 0.05) is 30.8 Å². The highest BCUT2D eigenvalue weighted by Crippen LogP contribution is 2.26. The first-order valence-electron chi connectivity index (χ1n) is 9.66. The molecule has 0 aromatic heterocycles. The van der Waals surface area contributed by atoms with Gasteiger partial charge in [-0.05, 0) is 37.1 Å². The van der Waals surface area contributed by atoms with E-state index in [9.17, 15) is 22.4 Å². The van der Waals surface area contributed by atoms with Crippen LogP contribution in [0.25, 0.3) is 0 Å². The standard InChI is InChI=1S/C21H23FN2O6S/c1-29-20(25)14-30-17-6-4-5-16(13-17)23-21(26)15-9-11-24(12-10-15)31(27,28)19-8-3-2-7-18(19)22/h2-8,13,15H,9-12,14H2,1H3,(H,23,26). The second kappa shape index (κ2) is 9.88. The maximum Gasteiger partial charge on any atom is 0.343 e. The topological polar surface area (TPSA) is 102 Å². The highest BCUT2D eigenvalue weighted by atomic mass is 32.2. The van der Waals surface area contributed by atoms with E-state index in [1.165, 1.54) is 29.6 Å². The molecule has 0 aliphatic carbocycles. The fourth-order valence-corrected chi connectivity index (χ4v) is 4.80. The van der Waals surface area contributed by atoms with E-state index in [0.29, 0.717) is 24.3 Å². The van der Waals surface area contributed by atoms with Gasteiger partial charge >= 0.3 is 5.97 Å². The Morgan fingerprint density at radius 3 is 2.52 bits per heavy atom. The van der Waals surface area contributed by atoms with Crippen molar-refractivity contribution in [3.05, 3.63) is 54.3 Å². The molecule has 10 heteroatoms. The lowest BCUT2D eigenvalue weighted by molar-refractivity contribution is -0.142. The molecule has 166 valence electrons. The molecular weight excluding hydrogens is 427 g/mol. The van der Waals surface area contributed by atoms with Crippen LogP contribution < -0.4 is 10.1 Å². The number of benzene rings is 2. The molecule has 0 bridgehead atoms. The Morgan fingerprint density at radius 2 is 1.84 bits per heavy atom. The van der Waals surface area contributed by atoms with Crippen molar-refractivity contribution in [1.82, 2.24) is 4.31 Å². The van der Waals surface area contributed by atoms with Crippen molar-refractivity contribution >= 4 is 27.6 Å². The molecule has 1 fully saturated rings. The molecule has 1 amide bonds. The molecular formula is C21H23FN2O6S. The molecule has 0 atom stereocenters. The Morgan fingerprint density at radius 1 is 1.13 bits per heavy atom. The average molecular weight is 450 g/mol. The first kappa shape index (κ1) is 22.7. The number of piperidine rings is 1. The Labute approximate surface area is 180 Å². The highest BCUT2D eigenvalue weighted by Gasteiger charge is 2.33. The van der Waals surface area contributed by atoms with Crippen LogP contribution in [0.1, 0.15) is 12.8 Å². The van der Waals surface area contributed by atoms with Crippen molar-refractivity contribution in [2.45, 2.75) is 17.7 Å².